The molecule has 0 bridgehead atoms. The van der Waals surface area contributed by atoms with Crippen LogP contribution in [0.4, 0.5) is 0 Å². The van der Waals surface area contributed by atoms with E-state index in [9.17, 15) is 5.11 Å². The normalized spacial score (nSPS) is 29.2. The van der Waals surface area contributed by atoms with Gasteiger partial charge in [0.25, 0.3) is 0 Å². The number of hydrogen-bond donors (Lipinski definition) is 1. The largest absolute Gasteiger partial charge is 0.497 e. The van der Waals surface area contributed by atoms with Crippen molar-refractivity contribution in [2.75, 3.05) is 20.2 Å². The van der Waals surface area contributed by atoms with Gasteiger partial charge in [0, 0.05) is 6.04 Å². The van der Waals surface area contributed by atoms with E-state index in [4.69, 9.17) is 4.74 Å². The predicted octanol–water partition coefficient (Wildman–Crippen LogP) is 2.78. The topological polar surface area (TPSA) is 32.7 Å². The lowest BCUT2D eigenvalue weighted by molar-refractivity contribution is 0.0247. The molecule has 2 unspecified atom stereocenters. The Morgan fingerprint density at radius 2 is 1.95 bits per heavy atom. The zero-order valence-electron chi connectivity index (χ0n) is 12.7. The quantitative estimate of drug-likeness (QED) is 0.901. The number of methoxy groups -OCH3 is 1. The standard InChI is InChI=1S/C17H25NO2/c1-17(2)6-8-18(9-7-17)15-10-12-4-5-13(20-3)11-14(12)16(15)19/h4-5,11,15-16,19H,6-10H2,1-3H3. The van der Waals surface area contributed by atoms with E-state index < -0.39 is 0 Å². The third-order valence-corrected chi connectivity index (χ3v) is 5.09. The third-order valence-electron chi connectivity index (χ3n) is 5.09. The average molecular weight is 275 g/mol. The van der Waals surface area contributed by atoms with Gasteiger partial charge in [0.15, 0.2) is 0 Å². The summed E-state index contributed by atoms with van der Waals surface area (Å²) in [5.41, 5.74) is 2.78. The maximum Gasteiger partial charge on any atom is 0.119 e. The van der Waals surface area contributed by atoms with Crippen LogP contribution in [-0.4, -0.2) is 36.2 Å². The average Bonchev–Trinajstić information content (AvgIpc) is 2.76. The zero-order valence-corrected chi connectivity index (χ0v) is 12.7. The molecule has 1 heterocycles. The molecule has 2 aliphatic rings. The van der Waals surface area contributed by atoms with E-state index in [0.29, 0.717) is 5.41 Å². The van der Waals surface area contributed by atoms with E-state index in [1.54, 1.807) is 7.11 Å². The number of piperidine rings is 1. The number of nitrogens with zero attached hydrogens (tertiary/aromatic N) is 1. The van der Waals surface area contributed by atoms with Gasteiger partial charge < -0.3 is 9.84 Å². The van der Waals surface area contributed by atoms with E-state index in [0.717, 1.165) is 30.8 Å². The molecule has 1 N–H and O–H groups in total. The lowest BCUT2D eigenvalue weighted by atomic mass is 9.82. The number of likely N-dealkylation sites (tertiary alicyclic amines) is 1. The first-order valence-electron chi connectivity index (χ1n) is 7.59. The summed E-state index contributed by atoms with van der Waals surface area (Å²) in [5.74, 6) is 0.836. The summed E-state index contributed by atoms with van der Waals surface area (Å²) in [6.07, 6.45) is 3.02. The van der Waals surface area contributed by atoms with Crippen LogP contribution in [0.15, 0.2) is 18.2 Å². The SMILES string of the molecule is COc1ccc2c(c1)C(O)C(N1CCC(C)(C)CC1)C2. The molecule has 1 aromatic rings. The Labute approximate surface area is 121 Å². The minimum atomic E-state index is -0.374. The van der Waals surface area contributed by atoms with Gasteiger partial charge in [-0.3, -0.25) is 4.90 Å². The highest BCUT2D eigenvalue weighted by Crippen LogP contribution is 2.39. The summed E-state index contributed by atoms with van der Waals surface area (Å²) in [6, 6.07) is 6.33. The van der Waals surface area contributed by atoms with Crippen molar-refractivity contribution >= 4 is 0 Å². The molecule has 3 heteroatoms. The fourth-order valence-electron chi connectivity index (χ4n) is 3.50. The third kappa shape index (κ3) is 2.45. The van der Waals surface area contributed by atoms with Gasteiger partial charge in [-0.25, -0.2) is 0 Å². The van der Waals surface area contributed by atoms with Gasteiger partial charge in [0.05, 0.1) is 13.2 Å². The molecular weight excluding hydrogens is 250 g/mol. The first-order chi connectivity index (χ1) is 9.50. The molecule has 1 aromatic carbocycles. The van der Waals surface area contributed by atoms with Crippen LogP contribution in [0.3, 0.4) is 0 Å². The minimum Gasteiger partial charge on any atom is -0.497 e. The molecule has 1 aliphatic carbocycles. The van der Waals surface area contributed by atoms with Gasteiger partial charge in [-0.15, -0.1) is 0 Å². The Bertz CT molecular complexity index is 488. The van der Waals surface area contributed by atoms with E-state index in [1.807, 2.05) is 12.1 Å². The highest BCUT2D eigenvalue weighted by Gasteiger charge is 2.38. The van der Waals surface area contributed by atoms with Crippen LogP contribution >= 0.6 is 0 Å². The first kappa shape index (κ1) is 13.9. The number of fused-ring (bicyclic) bond motifs is 1. The van der Waals surface area contributed by atoms with E-state index in [-0.39, 0.29) is 12.1 Å². The molecular formula is C17H25NO2. The predicted molar refractivity (Wildman–Crippen MR) is 80.0 cm³/mol. The van der Waals surface area contributed by atoms with Crippen molar-refractivity contribution in [2.24, 2.45) is 5.41 Å². The van der Waals surface area contributed by atoms with Crippen LogP contribution in [0.5, 0.6) is 5.75 Å². The summed E-state index contributed by atoms with van der Waals surface area (Å²) in [4.78, 5) is 2.47. The maximum absolute atomic E-state index is 10.6. The summed E-state index contributed by atoms with van der Waals surface area (Å²) in [6.45, 7) is 6.88. The van der Waals surface area contributed by atoms with Crippen molar-refractivity contribution in [2.45, 2.75) is 45.3 Å². The zero-order chi connectivity index (χ0) is 14.3. The number of benzene rings is 1. The van der Waals surface area contributed by atoms with Crippen LogP contribution < -0.4 is 4.74 Å². The van der Waals surface area contributed by atoms with Gasteiger partial charge in [0.1, 0.15) is 5.75 Å². The lowest BCUT2D eigenvalue weighted by Crippen LogP contribution is -2.45. The van der Waals surface area contributed by atoms with Crippen molar-refractivity contribution < 1.29 is 9.84 Å². The van der Waals surface area contributed by atoms with Gasteiger partial charge in [0.2, 0.25) is 0 Å². The number of rotatable bonds is 2. The highest BCUT2D eigenvalue weighted by atomic mass is 16.5. The molecule has 1 saturated heterocycles. The molecule has 20 heavy (non-hydrogen) atoms. The van der Waals surface area contributed by atoms with Crippen LogP contribution in [0.2, 0.25) is 0 Å². The van der Waals surface area contributed by atoms with E-state index in [1.165, 1.54) is 18.4 Å². The second-order valence-electron chi connectivity index (χ2n) is 6.98. The monoisotopic (exact) mass is 275 g/mol. The molecule has 1 aliphatic heterocycles. The molecule has 0 saturated carbocycles. The van der Waals surface area contributed by atoms with E-state index >= 15 is 0 Å². The second-order valence-corrected chi connectivity index (χ2v) is 6.98. The summed E-state index contributed by atoms with van der Waals surface area (Å²) in [5, 5.41) is 10.6. The molecule has 3 rings (SSSR count). The fraction of sp³-hybridized carbons (Fsp3) is 0.647. The number of aliphatic hydroxyl groups is 1. The summed E-state index contributed by atoms with van der Waals surface area (Å²) < 4.78 is 5.27. The van der Waals surface area contributed by atoms with Gasteiger partial charge >= 0.3 is 0 Å². The first-order valence-corrected chi connectivity index (χ1v) is 7.59. The van der Waals surface area contributed by atoms with Gasteiger partial charge in [-0.1, -0.05) is 19.9 Å². The fourth-order valence-corrected chi connectivity index (χ4v) is 3.50. The molecule has 0 spiro atoms. The van der Waals surface area contributed by atoms with Crippen molar-refractivity contribution in [3.05, 3.63) is 29.3 Å². The minimum absolute atomic E-state index is 0.244. The van der Waals surface area contributed by atoms with Crippen molar-refractivity contribution in [3.63, 3.8) is 0 Å². The lowest BCUT2D eigenvalue weighted by Gasteiger charge is -2.40. The Morgan fingerprint density at radius 3 is 2.60 bits per heavy atom. The molecule has 2 atom stereocenters. The summed E-state index contributed by atoms with van der Waals surface area (Å²) >= 11 is 0. The van der Waals surface area contributed by atoms with Crippen molar-refractivity contribution in [3.8, 4) is 5.75 Å². The molecule has 3 nitrogen and oxygen atoms in total. The Hall–Kier alpha value is -1.06. The molecule has 0 radical (unpaired) electrons. The van der Waals surface area contributed by atoms with Crippen molar-refractivity contribution in [1.82, 2.24) is 4.90 Å². The van der Waals surface area contributed by atoms with Crippen LogP contribution in [0.25, 0.3) is 0 Å². The number of hydrogen-bond acceptors (Lipinski definition) is 3. The molecule has 0 amide bonds. The number of aliphatic hydroxyl groups excluding tert-OH is 1. The highest BCUT2D eigenvalue weighted by molar-refractivity contribution is 5.41. The Balaban J connectivity index is 1.75. The number of ether oxygens (including phenoxy) is 1. The smallest absolute Gasteiger partial charge is 0.119 e. The van der Waals surface area contributed by atoms with Gasteiger partial charge in [-0.05, 0) is 61.0 Å². The molecule has 0 aromatic heterocycles. The van der Waals surface area contributed by atoms with Crippen LogP contribution in [0.1, 0.15) is 43.9 Å². The Morgan fingerprint density at radius 1 is 1.25 bits per heavy atom. The molecule has 1 fully saturated rings. The molecule has 110 valence electrons. The van der Waals surface area contributed by atoms with E-state index in [2.05, 4.69) is 24.8 Å². The van der Waals surface area contributed by atoms with Crippen molar-refractivity contribution in [1.29, 1.82) is 0 Å². The second kappa shape index (κ2) is 5.05. The maximum atomic E-state index is 10.6. The van der Waals surface area contributed by atoms with Gasteiger partial charge in [-0.2, -0.15) is 0 Å². The van der Waals surface area contributed by atoms with Crippen LogP contribution in [0, 0.1) is 5.41 Å². The summed E-state index contributed by atoms with van der Waals surface area (Å²) in [7, 11) is 1.67. The Kier molecular flexibility index (Phi) is 3.51. The van der Waals surface area contributed by atoms with Crippen LogP contribution in [-0.2, 0) is 6.42 Å².